The maximum Gasteiger partial charge on any atom is 0.335 e. The molecule has 0 atom stereocenters. The zero-order valence-electron chi connectivity index (χ0n) is 11.3. The van der Waals surface area contributed by atoms with Crippen LogP contribution in [0.4, 0.5) is 0 Å². The number of nitrogens with one attached hydrogen (secondary N) is 1. The van der Waals surface area contributed by atoms with Crippen LogP contribution in [0.2, 0.25) is 0 Å². The Morgan fingerprint density at radius 1 is 1.24 bits per heavy atom. The predicted molar refractivity (Wildman–Crippen MR) is 75.2 cm³/mol. The molecule has 0 aliphatic rings. The van der Waals surface area contributed by atoms with Gasteiger partial charge in [0.15, 0.2) is 0 Å². The van der Waals surface area contributed by atoms with E-state index >= 15 is 0 Å². The molecule has 0 radical (unpaired) electrons. The van der Waals surface area contributed by atoms with Crippen LogP contribution < -0.4 is 5.32 Å². The van der Waals surface area contributed by atoms with Crippen molar-refractivity contribution in [2.75, 3.05) is 0 Å². The number of aromatic hydroxyl groups is 1. The average Bonchev–Trinajstić information content (AvgIpc) is 2.47. The second-order valence-electron chi connectivity index (χ2n) is 4.54. The predicted octanol–water partition coefficient (Wildman–Crippen LogP) is 1.72. The quantitative estimate of drug-likeness (QED) is 0.794. The molecule has 6 heteroatoms. The second-order valence-corrected chi connectivity index (χ2v) is 4.54. The van der Waals surface area contributed by atoms with Gasteiger partial charge in [0.05, 0.1) is 23.4 Å². The van der Waals surface area contributed by atoms with Crippen LogP contribution in [0.15, 0.2) is 36.5 Å². The minimum absolute atomic E-state index is 0.0767. The highest BCUT2D eigenvalue weighted by atomic mass is 16.4. The van der Waals surface area contributed by atoms with E-state index < -0.39 is 11.9 Å². The van der Waals surface area contributed by atoms with E-state index in [0.29, 0.717) is 5.69 Å². The number of pyridine rings is 1. The lowest BCUT2D eigenvalue weighted by Gasteiger charge is -2.07. The molecule has 1 heterocycles. The number of hydrogen-bond donors (Lipinski definition) is 3. The molecule has 0 saturated carbocycles. The van der Waals surface area contributed by atoms with Crippen molar-refractivity contribution in [2.24, 2.45) is 0 Å². The summed E-state index contributed by atoms with van der Waals surface area (Å²) < 4.78 is 0. The number of aromatic carboxylic acids is 1. The first-order chi connectivity index (χ1) is 9.97. The van der Waals surface area contributed by atoms with Crippen LogP contribution in [0, 0.1) is 6.92 Å². The Morgan fingerprint density at radius 2 is 2.00 bits per heavy atom. The van der Waals surface area contributed by atoms with E-state index in [1.807, 2.05) is 6.92 Å². The number of nitrogens with zero attached hydrogens (tertiary/aromatic N) is 1. The minimum atomic E-state index is -1.05. The first kappa shape index (κ1) is 14.5. The highest BCUT2D eigenvalue weighted by Gasteiger charge is 2.11. The Morgan fingerprint density at radius 3 is 2.71 bits per heavy atom. The van der Waals surface area contributed by atoms with E-state index in [1.54, 1.807) is 12.1 Å². The Labute approximate surface area is 121 Å². The zero-order chi connectivity index (χ0) is 15.4. The van der Waals surface area contributed by atoms with Crippen LogP contribution in [-0.4, -0.2) is 27.1 Å². The highest BCUT2D eigenvalue weighted by molar-refractivity contribution is 5.97. The largest absolute Gasteiger partial charge is 0.507 e. The van der Waals surface area contributed by atoms with Gasteiger partial charge in [0.2, 0.25) is 0 Å². The molecule has 0 spiro atoms. The SMILES string of the molecule is Cc1ccc(O)c(C(=O)NCc2cc(C(=O)O)ccn2)c1. The fourth-order valence-corrected chi connectivity index (χ4v) is 1.81. The number of carbonyl (C=O) groups excluding carboxylic acids is 1. The summed E-state index contributed by atoms with van der Waals surface area (Å²) in [4.78, 5) is 26.8. The monoisotopic (exact) mass is 286 g/mol. The third kappa shape index (κ3) is 3.56. The maximum absolute atomic E-state index is 12.0. The van der Waals surface area contributed by atoms with E-state index in [1.165, 1.54) is 24.4 Å². The van der Waals surface area contributed by atoms with Crippen LogP contribution in [0.5, 0.6) is 5.75 Å². The number of aromatic nitrogens is 1. The number of phenolic OH excluding ortho intramolecular Hbond substituents is 1. The van der Waals surface area contributed by atoms with Crippen molar-refractivity contribution < 1.29 is 19.8 Å². The zero-order valence-corrected chi connectivity index (χ0v) is 11.3. The molecule has 21 heavy (non-hydrogen) atoms. The minimum Gasteiger partial charge on any atom is -0.507 e. The number of amides is 1. The van der Waals surface area contributed by atoms with Gasteiger partial charge >= 0.3 is 5.97 Å². The fraction of sp³-hybridized carbons (Fsp3) is 0.133. The summed E-state index contributed by atoms with van der Waals surface area (Å²) in [5.74, 6) is -1.61. The Balaban J connectivity index is 2.09. The van der Waals surface area contributed by atoms with Gasteiger partial charge < -0.3 is 15.5 Å². The van der Waals surface area contributed by atoms with Crippen LogP contribution in [0.3, 0.4) is 0 Å². The summed E-state index contributed by atoms with van der Waals surface area (Å²) in [6, 6.07) is 7.49. The smallest absolute Gasteiger partial charge is 0.335 e. The molecule has 0 fully saturated rings. The standard InChI is InChI=1S/C15H14N2O4/c1-9-2-3-13(18)12(6-9)14(19)17-8-11-7-10(15(20)21)4-5-16-11/h2-7,18H,8H2,1H3,(H,17,19)(H,20,21). The normalized spacial score (nSPS) is 10.1. The molecular weight excluding hydrogens is 272 g/mol. The van der Waals surface area contributed by atoms with Crippen LogP contribution in [-0.2, 0) is 6.54 Å². The van der Waals surface area contributed by atoms with Crippen LogP contribution in [0.1, 0.15) is 32.0 Å². The van der Waals surface area contributed by atoms with Gasteiger partial charge in [-0.2, -0.15) is 0 Å². The van der Waals surface area contributed by atoms with Gasteiger partial charge in [-0.05, 0) is 31.2 Å². The summed E-state index contributed by atoms with van der Waals surface area (Å²) in [6.45, 7) is 1.89. The first-order valence-electron chi connectivity index (χ1n) is 6.23. The van der Waals surface area contributed by atoms with Gasteiger partial charge in [-0.3, -0.25) is 9.78 Å². The molecule has 0 saturated heterocycles. The molecule has 0 aliphatic heterocycles. The number of aryl methyl sites for hydroxylation is 1. The maximum atomic E-state index is 12.0. The number of benzene rings is 1. The fourth-order valence-electron chi connectivity index (χ4n) is 1.81. The number of carbonyl (C=O) groups is 2. The van der Waals surface area contributed by atoms with Crippen molar-refractivity contribution in [3.63, 3.8) is 0 Å². The number of phenols is 1. The summed E-state index contributed by atoms with van der Waals surface area (Å²) in [5, 5.41) is 21.1. The number of carboxylic acids is 1. The third-order valence-electron chi connectivity index (χ3n) is 2.89. The molecule has 0 bridgehead atoms. The van der Waals surface area contributed by atoms with E-state index in [9.17, 15) is 14.7 Å². The van der Waals surface area contributed by atoms with Gasteiger partial charge in [-0.1, -0.05) is 11.6 Å². The van der Waals surface area contributed by atoms with Gasteiger partial charge in [-0.25, -0.2) is 4.79 Å². The molecule has 108 valence electrons. The molecular formula is C15H14N2O4. The number of carboxylic acid groups (broad SMARTS) is 1. The average molecular weight is 286 g/mol. The van der Waals surface area contributed by atoms with Crippen LogP contribution >= 0.6 is 0 Å². The topological polar surface area (TPSA) is 99.5 Å². The lowest BCUT2D eigenvalue weighted by Crippen LogP contribution is -2.23. The van der Waals surface area contributed by atoms with Gasteiger partial charge in [0.25, 0.3) is 5.91 Å². The summed E-state index contributed by atoms with van der Waals surface area (Å²) in [5.41, 5.74) is 1.55. The molecule has 6 nitrogen and oxygen atoms in total. The summed E-state index contributed by atoms with van der Waals surface area (Å²) in [6.07, 6.45) is 1.37. The van der Waals surface area contributed by atoms with Gasteiger partial charge in [-0.15, -0.1) is 0 Å². The Hall–Kier alpha value is -2.89. The van der Waals surface area contributed by atoms with E-state index in [-0.39, 0.29) is 23.4 Å². The Bertz CT molecular complexity index is 698. The van der Waals surface area contributed by atoms with E-state index in [4.69, 9.17) is 5.11 Å². The molecule has 1 aromatic carbocycles. The summed E-state index contributed by atoms with van der Waals surface area (Å²) in [7, 11) is 0. The van der Waals surface area contributed by atoms with Crippen molar-refractivity contribution in [2.45, 2.75) is 13.5 Å². The second kappa shape index (κ2) is 6.04. The van der Waals surface area contributed by atoms with E-state index in [2.05, 4.69) is 10.3 Å². The number of rotatable bonds is 4. The van der Waals surface area contributed by atoms with Gasteiger partial charge in [0.1, 0.15) is 5.75 Å². The molecule has 0 unspecified atom stereocenters. The van der Waals surface area contributed by atoms with Crippen molar-refractivity contribution >= 4 is 11.9 Å². The molecule has 3 N–H and O–H groups in total. The lowest BCUT2D eigenvalue weighted by molar-refractivity contribution is 0.0696. The molecule has 1 aromatic heterocycles. The number of hydrogen-bond acceptors (Lipinski definition) is 4. The Kier molecular flexibility index (Phi) is 4.18. The van der Waals surface area contributed by atoms with Crippen molar-refractivity contribution in [1.29, 1.82) is 0 Å². The van der Waals surface area contributed by atoms with Crippen LogP contribution in [0.25, 0.3) is 0 Å². The van der Waals surface area contributed by atoms with E-state index in [0.717, 1.165) is 5.56 Å². The molecule has 2 rings (SSSR count). The third-order valence-corrected chi connectivity index (χ3v) is 2.89. The molecule has 0 aliphatic carbocycles. The lowest BCUT2D eigenvalue weighted by atomic mass is 10.1. The molecule has 1 amide bonds. The van der Waals surface area contributed by atoms with Crippen molar-refractivity contribution in [1.82, 2.24) is 10.3 Å². The van der Waals surface area contributed by atoms with Crippen molar-refractivity contribution in [3.8, 4) is 5.75 Å². The first-order valence-corrected chi connectivity index (χ1v) is 6.23. The highest BCUT2D eigenvalue weighted by Crippen LogP contribution is 2.18. The molecule has 2 aromatic rings. The van der Waals surface area contributed by atoms with Crippen molar-refractivity contribution in [3.05, 3.63) is 58.9 Å². The van der Waals surface area contributed by atoms with Gasteiger partial charge in [0, 0.05) is 6.20 Å². The summed E-state index contributed by atoms with van der Waals surface area (Å²) >= 11 is 0.